The van der Waals surface area contributed by atoms with Gasteiger partial charge < -0.3 is 9.84 Å². The predicted octanol–water partition coefficient (Wildman–Crippen LogP) is 5.80. The quantitative estimate of drug-likeness (QED) is 0.731. The van der Waals surface area contributed by atoms with Gasteiger partial charge in [-0.3, -0.25) is 4.79 Å². The standard InChI is InChI=1S/C19H22Cl2N2O2/c1-12-16(19(24)22-13-8-5-3-2-4-6-9-13)18(23-25-12)17-14(20)10-7-11-15(17)21/h7,10-11,13H,2-6,8-9H2,1H3,(H,22,24). The molecule has 2 aromatic rings. The third kappa shape index (κ3) is 4.18. The van der Waals surface area contributed by atoms with Gasteiger partial charge in [-0.15, -0.1) is 0 Å². The smallest absolute Gasteiger partial charge is 0.257 e. The minimum Gasteiger partial charge on any atom is -0.360 e. The zero-order valence-corrected chi connectivity index (χ0v) is 15.8. The van der Waals surface area contributed by atoms with Crippen molar-refractivity contribution in [1.29, 1.82) is 0 Å². The van der Waals surface area contributed by atoms with Gasteiger partial charge in [0.15, 0.2) is 0 Å². The van der Waals surface area contributed by atoms with Crippen molar-refractivity contribution in [3.63, 3.8) is 0 Å². The number of hydrogen-bond donors (Lipinski definition) is 1. The number of carbonyl (C=O) groups excluding carboxylic acids is 1. The van der Waals surface area contributed by atoms with Gasteiger partial charge >= 0.3 is 0 Å². The maximum Gasteiger partial charge on any atom is 0.257 e. The highest BCUT2D eigenvalue weighted by Gasteiger charge is 2.26. The van der Waals surface area contributed by atoms with Gasteiger partial charge in [0, 0.05) is 11.6 Å². The van der Waals surface area contributed by atoms with Gasteiger partial charge in [-0.2, -0.15) is 0 Å². The molecule has 1 aliphatic rings. The molecule has 1 heterocycles. The van der Waals surface area contributed by atoms with Crippen LogP contribution >= 0.6 is 23.2 Å². The topological polar surface area (TPSA) is 55.1 Å². The summed E-state index contributed by atoms with van der Waals surface area (Å²) in [7, 11) is 0. The molecule has 0 unspecified atom stereocenters. The number of benzene rings is 1. The SMILES string of the molecule is Cc1onc(-c2c(Cl)cccc2Cl)c1C(=O)NC1CCCCCCC1. The van der Waals surface area contributed by atoms with E-state index in [-0.39, 0.29) is 11.9 Å². The van der Waals surface area contributed by atoms with E-state index in [1.807, 2.05) is 0 Å². The fraction of sp³-hybridized carbons (Fsp3) is 0.474. The van der Waals surface area contributed by atoms with Gasteiger partial charge in [0.25, 0.3) is 5.91 Å². The second kappa shape index (κ2) is 8.24. The average molecular weight is 381 g/mol. The van der Waals surface area contributed by atoms with Crippen LogP contribution in [-0.4, -0.2) is 17.1 Å². The summed E-state index contributed by atoms with van der Waals surface area (Å²) in [4.78, 5) is 12.9. The van der Waals surface area contributed by atoms with Crippen molar-refractivity contribution in [2.75, 3.05) is 0 Å². The van der Waals surface area contributed by atoms with Crippen molar-refractivity contribution in [1.82, 2.24) is 10.5 Å². The van der Waals surface area contributed by atoms with E-state index in [2.05, 4.69) is 10.5 Å². The Morgan fingerprint density at radius 2 is 1.72 bits per heavy atom. The van der Waals surface area contributed by atoms with Crippen LogP contribution in [0.25, 0.3) is 11.3 Å². The van der Waals surface area contributed by atoms with E-state index in [0.29, 0.717) is 32.6 Å². The molecule has 0 spiro atoms. The number of nitrogens with zero attached hydrogens (tertiary/aromatic N) is 1. The van der Waals surface area contributed by atoms with Crippen molar-refractivity contribution in [3.05, 3.63) is 39.6 Å². The van der Waals surface area contributed by atoms with Gasteiger partial charge in [-0.25, -0.2) is 0 Å². The second-order valence-corrected chi connectivity index (χ2v) is 7.39. The van der Waals surface area contributed by atoms with Crippen molar-refractivity contribution in [2.24, 2.45) is 0 Å². The van der Waals surface area contributed by atoms with Gasteiger partial charge in [0.05, 0.1) is 10.0 Å². The van der Waals surface area contributed by atoms with Crippen LogP contribution in [-0.2, 0) is 0 Å². The molecule has 6 heteroatoms. The molecule has 0 bridgehead atoms. The summed E-state index contributed by atoms with van der Waals surface area (Å²) >= 11 is 12.6. The van der Waals surface area contributed by atoms with E-state index in [0.717, 1.165) is 25.7 Å². The number of aromatic nitrogens is 1. The molecule has 4 nitrogen and oxygen atoms in total. The Labute approximate surface area is 157 Å². The molecule has 134 valence electrons. The molecule has 1 N–H and O–H groups in total. The Balaban J connectivity index is 1.87. The number of carbonyl (C=O) groups is 1. The van der Waals surface area contributed by atoms with E-state index < -0.39 is 0 Å². The summed E-state index contributed by atoms with van der Waals surface area (Å²) in [6, 6.07) is 5.40. The summed E-state index contributed by atoms with van der Waals surface area (Å²) in [6.45, 7) is 1.73. The molecule has 25 heavy (non-hydrogen) atoms. The number of halogens is 2. The van der Waals surface area contributed by atoms with Crippen molar-refractivity contribution in [2.45, 2.75) is 57.9 Å². The van der Waals surface area contributed by atoms with Crippen LogP contribution in [0.3, 0.4) is 0 Å². The summed E-state index contributed by atoms with van der Waals surface area (Å²) in [5, 5.41) is 8.09. The molecule has 0 radical (unpaired) electrons. The number of aryl methyl sites for hydroxylation is 1. The van der Waals surface area contributed by atoms with Gasteiger partial charge in [0.2, 0.25) is 0 Å². The number of hydrogen-bond acceptors (Lipinski definition) is 3. The van der Waals surface area contributed by atoms with Crippen LogP contribution in [0.15, 0.2) is 22.7 Å². The Morgan fingerprint density at radius 3 is 2.36 bits per heavy atom. The van der Waals surface area contributed by atoms with Gasteiger partial charge in [-0.1, -0.05) is 66.5 Å². The fourth-order valence-electron chi connectivity index (χ4n) is 3.39. The molecule has 1 aromatic carbocycles. The number of amides is 1. The third-order valence-electron chi connectivity index (χ3n) is 4.73. The van der Waals surface area contributed by atoms with Crippen molar-refractivity contribution >= 4 is 29.1 Å². The third-order valence-corrected chi connectivity index (χ3v) is 5.36. The zero-order chi connectivity index (χ0) is 17.8. The normalized spacial score (nSPS) is 16.3. The lowest BCUT2D eigenvalue weighted by Crippen LogP contribution is -2.35. The van der Waals surface area contributed by atoms with Crippen LogP contribution < -0.4 is 5.32 Å². The fourth-order valence-corrected chi connectivity index (χ4v) is 3.97. The zero-order valence-electron chi connectivity index (χ0n) is 14.3. The molecule has 1 amide bonds. The summed E-state index contributed by atoms with van der Waals surface area (Å²) in [6.07, 6.45) is 8.09. The van der Waals surface area contributed by atoms with Gasteiger partial charge in [-0.05, 0) is 31.9 Å². The molecule has 1 aromatic heterocycles. The summed E-state index contributed by atoms with van der Waals surface area (Å²) in [5.74, 6) is 0.296. The maximum absolute atomic E-state index is 12.9. The molecule has 0 atom stereocenters. The van der Waals surface area contributed by atoms with Crippen LogP contribution in [0.1, 0.15) is 61.1 Å². The minimum absolute atomic E-state index is 0.171. The Kier molecular flexibility index (Phi) is 6.02. The largest absolute Gasteiger partial charge is 0.360 e. The van der Waals surface area contributed by atoms with Crippen LogP contribution in [0, 0.1) is 6.92 Å². The van der Waals surface area contributed by atoms with Crippen molar-refractivity contribution < 1.29 is 9.32 Å². The van der Waals surface area contributed by atoms with E-state index in [9.17, 15) is 4.79 Å². The first-order valence-corrected chi connectivity index (χ1v) is 9.55. The monoisotopic (exact) mass is 380 g/mol. The Bertz CT molecular complexity index is 730. The average Bonchev–Trinajstić information content (AvgIpc) is 2.91. The predicted molar refractivity (Wildman–Crippen MR) is 100 cm³/mol. The highest BCUT2D eigenvalue weighted by atomic mass is 35.5. The molecular weight excluding hydrogens is 359 g/mol. The molecular formula is C19H22Cl2N2O2. The first-order valence-electron chi connectivity index (χ1n) is 8.79. The lowest BCUT2D eigenvalue weighted by Gasteiger charge is -2.21. The lowest BCUT2D eigenvalue weighted by atomic mass is 9.96. The Hall–Kier alpha value is -1.52. The molecule has 0 aliphatic heterocycles. The Morgan fingerprint density at radius 1 is 1.12 bits per heavy atom. The van der Waals surface area contributed by atoms with E-state index in [1.165, 1.54) is 19.3 Å². The molecule has 1 aliphatic carbocycles. The van der Waals surface area contributed by atoms with Crippen LogP contribution in [0.5, 0.6) is 0 Å². The highest BCUT2D eigenvalue weighted by molar-refractivity contribution is 6.39. The van der Waals surface area contributed by atoms with Crippen molar-refractivity contribution in [3.8, 4) is 11.3 Å². The summed E-state index contributed by atoms with van der Waals surface area (Å²) in [5.41, 5.74) is 1.35. The van der Waals surface area contributed by atoms with E-state index >= 15 is 0 Å². The molecule has 1 fully saturated rings. The highest BCUT2D eigenvalue weighted by Crippen LogP contribution is 2.36. The minimum atomic E-state index is -0.171. The van der Waals surface area contributed by atoms with Gasteiger partial charge in [0.1, 0.15) is 17.0 Å². The van der Waals surface area contributed by atoms with E-state index in [1.54, 1.807) is 25.1 Å². The molecule has 0 saturated heterocycles. The first kappa shape index (κ1) is 18.3. The number of nitrogens with one attached hydrogen (secondary N) is 1. The number of rotatable bonds is 3. The second-order valence-electron chi connectivity index (χ2n) is 6.57. The van der Waals surface area contributed by atoms with E-state index in [4.69, 9.17) is 27.7 Å². The molecule has 1 saturated carbocycles. The molecule has 3 rings (SSSR count). The maximum atomic E-state index is 12.9. The van der Waals surface area contributed by atoms with Crippen LogP contribution in [0.4, 0.5) is 0 Å². The lowest BCUT2D eigenvalue weighted by molar-refractivity contribution is 0.0929. The van der Waals surface area contributed by atoms with Crippen LogP contribution in [0.2, 0.25) is 10.0 Å². The first-order chi connectivity index (χ1) is 12.1. The summed E-state index contributed by atoms with van der Waals surface area (Å²) < 4.78 is 5.29.